The molecule has 0 saturated carbocycles. The van der Waals surface area contributed by atoms with Gasteiger partial charge in [-0.1, -0.05) is 127 Å². The van der Waals surface area contributed by atoms with E-state index in [0.29, 0.717) is 0 Å². The minimum atomic E-state index is 0.869. The monoisotopic (exact) mass is 662 g/mol. The van der Waals surface area contributed by atoms with E-state index in [2.05, 4.69) is 161 Å². The van der Waals surface area contributed by atoms with Gasteiger partial charge >= 0.3 is 0 Å². The Morgan fingerprint density at radius 1 is 0.327 bits per heavy atom. The third-order valence-electron chi connectivity index (χ3n) is 10.5. The van der Waals surface area contributed by atoms with E-state index in [4.69, 9.17) is 9.97 Å². The number of hydrogen-bond donors (Lipinski definition) is 0. The zero-order chi connectivity index (χ0) is 34.2. The maximum Gasteiger partial charge on any atom is 0.0973 e. The molecule has 0 radical (unpaired) electrons. The summed E-state index contributed by atoms with van der Waals surface area (Å²) in [6.45, 7) is 0. The summed E-state index contributed by atoms with van der Waals surface area (Å²) >= 11 is 0. The largest absolute Gasteiger partial charge is 0.309 e. The van der Waals surface area contributed by atoms with E-state index in [1.807, 2.05) is 30.3 Å². The van der Waals surface area contributed by atoms with Crippen molar-refractivity contribution in [3.63, 3.8) is 0 Å². The SMILES string of the molecule is c1ccc(-c2nc3ccccc3nc2-c2cccc(-n3c4ccccc4c4cc5c(cc43)c3ccccc3n5-c3cccc4ccccc34)c2)cc1. The van der Waals surface area contributed by atoms with Crippen LogP contribution in [-0.4, -0.2) is 19.1 Å². The Balaban J connectivity index is 1.19. The van der Waals surface area contributed by atoms with Crippen molar-refractivity contribution in [3.8, 4) is 33.9 Å². The van der Waals surface area contributed by atoms with E-state index < -0.39 is 0 Å². The Labute approximate surface area is 299 Å². The molecule has 4 nitrogen and oxygen atoms in total. The summed E-state index contributed by atoms with van der Waals surface area (Å²) in [6, 6.07) is 64.8. The highest BCUT2D eigenvalue weighted by Gasteiger charge is 2.20. The molecule has 0 saturated heterocycles. The van der Waals surface area contributed by atoms with Crippen LogP contribution in [-0.2, 0) is 0 Å². The van der Waals surface area contributed by atoms with Gasteiger partial charge in [-0.05, 0) is 60.0 Å². The first kappa shape index (κ1) is 28.8. The molecule has 52 heavy (non-hydrogen) atoms. The Hall–Kier alpha value is -7.04. The van der Waals surface area contributed by atoms with E-state index in [1.165, 1.54) is 54.6 Å². The van der Waals surface area contributed by atoms with Crippen molar-refractivity contribution in [1.82, 2.24) is 19.1 Å². The number of aromatic nitrogens is 4. The van der Waals surface area contributed by atoms with Gasteiger partial charge in [-0.15, -0.1) is 0 Å². The van der Waals surface area contributed by atoms with Gasteiger partial charge in [0.2, 0.25) is 0 Å². The molecule has 0 aliphatic carbocycles. The predicted octanol–water partition coefficient (Wildman–Crippen LogP) is 12.3. The molecule has 0 bridgehead atoms. The predicted molar refractivity (Wildman–Crippen MR) is 217 cm³/mol. The number of nitrogens with zero attached hydrogens (tertiary/aromatic N) is 4. The third kappa shape index (κ3) is 4.28. The number of benzene rings is 8. The fraction of sp³-hybridized carbons (Fsp3) is 0. The van der Waals surface area contributed by atoms with Gasteiger partial charge in [-0.25, -0.2) is 9.97 Å². The van der Waals surface area contributed by atoms with E-state index in [-0.39, 0.29) is 0 Å². The zero-order valence-electron chi connectivity index (χ0n) is 28.1. The molecule has 11 aromatic rings. The smallest absolute Gasteiger partial charge is 0.0973 e. The lowest BCUT2D eigenvalue weighted by molar-refractivity contribution is 1.18. The van der Waals surface area contributed by atoms with Crippen LogP contribution in [0.15, 0.2) is 182 Å². The van der Waals surface area contributed by atoms with Gasteiger partial charge in [0.1, 0.15) is 0 Å². The zero-order valence-corrected chi connectivity index (χ0v) is 28.1. The van der Waals surface area contributed by atoms with Crippen LogP contribution in [0.3, 0.4) is 0 Å². The Morgan fingerprint density at radius 2 is 0.846 bits per heavy atom. The molecule has 3 heterocycles. The van der Waals surface area contributed by atoms with Crippen molar-refractivity contribution in [2.24, 2.45) is 0 Å². The minimum Gasteiger partial charge on any atom is -0.309 e. The molecule has 0 N–H and O–H groups in total. The average molecular weight is 663 g/mol. The first-order valence-electron chi connectivity index (χ1n) is 17.7. The normalized spacial score (nSPS) is 11.8. The Bertz CT molecular complexity index is 3180. The first-order valence-corrected chi connectivity index (χ1v) is 17.7. The summed E-state index contributed by atoms with van der Waals surface area (Å²) in [4.78, 5) is 10.4. The molecule has 0 atom stereocenters. The highest BCUT2D eigenvalue weighted by Crippen LogP contribution is 2.41. The van der Waals surface area contributed by atoms with Crippen LogP contribution in [0.2, 0.25) is 0 Å². The molecule has 0 aliphatic heterocycles. The Kier molecular flexibility index (Phi) is 6.22. The fourth-order valence-electron chi connectivity index (χ4n) is 8.16. The summed E-state index contributed by atoms with van der Waals surface area (Å²) in [5.41, 5.74) is 12.6. The number of rotatable bonds is 4. The van der Waals surface area contributed by atoms with Gasteiger partial charge in [-0.3, -0.25) is 0 Å². The van der Waals surface area contributed by atoms with Crippen molar-refractivity contribution >= 4 is 65.4 Å². The maximum atomic E-state index is 5.22. The van der Waals surface area contributed by atoms with Gasteiger partial charge < -0.3 is 9.13 Å². The second-order valence-corrected chi connectivity index (χ2v) is 13.4. The summed E-state index contributed by atoms with van der Waals surface area (Å²) in [6.07, 6.45) is 0. The molecule has 0 fully saturated rings. The highest BCUT2D eigenvalue weighted by atomic mass is 15.0. The molecule has 11 rings (SSSR count). The first-order chi connectivity index (χ1) is 25.8. The number of hydrogen-bond acceptors (Lipinski definition) is 2. The van der Waals surface area contributed by atoms with Crippen LogP contribution in [0.1, 0.15) is 0 Å². The minimum absolute atomic E-state index is 0.869. The molecule has 4 heteroatoms. The maximum absolute atomic E-state index is 5.22. The standard InChI is InChI=1S/C48H30N4/c1-2-15-32(16-3-1)47-48(50-41-24-9-8-23-40(41)49-47)33-18-12-19-34(28-33)51-43-25-10-6-21-36(43)38-30-46-39(29-45(38)51)37-22-7-11-26-44(37)52(46)42-27-13-17-31-14-4-5-20-35(31)42/h1-30H. The Morgan fingerprint density at radius 3 is 1.58 bits per heavy atom. The van der Waals surface area contributed by atoms with Crippen molar-refractivity contribution in [2.45, 2.75) is 0 Å². The highest BCUT2D eigenvalue weighted by molar-refractivity contribution is 6.19. The fourth-order valence-corrected chi connectivity index (χ4v) is 8.16. The lowest BCUT2D eigenvalue weighted by Crippen LogP contribution is -1.98. The molecule has 8 aromatic carbocycles. The van der Waals surface area contributed by atoms with Crippen LogP contribution < -0.4 is 0 Å². The summed E-state index contributed by atoms with van der Waals surface area (Å²) in [5.74, 6) is 0. The molecular formula is C48H30N4. The van der Waals surface area contributed by atoms with Gasteiger partial charge in [0, 0.05) is 43.7 Å². The van der Waals surface area contributed by atoms with Crippen LogP contribution in [0.25, 0.3) is 99.3 Å². The van der Waals surface area contributed by atoms with Crippen LogP contribution >= 0.6 is 0 Å². The van der Waals surface area contributed by atoms with Crippen LogP contribution in [0.5, 0.6) is 0 Å². The van der Waals surface area contributed by atoms with Crippen molar-refractivity contribution in [2.75, 3.05) is 0 Å². The number of para-hydroxylation sites is 4. The van der Waals surface area contributed by atoms with Crippen molar-refractivity contribution < 1.29 is 0 Å². The lowest BCUT2D eigenvalue weighted by Gasteiger charge is -2.13. The van der Waals surface area contributed by atoms with E-state index in [1.54, 1.807) is 0 Å². The van der Waals surface area contributed by atoms with Gasteiger partial charge in [0.25, 0.3) is 0 Å². The topological polar surface area (TPSA) is 35.6 Å². The van der Waals surface area contributed by atoms with E-state index >= 15 is 0 Å². The molecular weight excluding hydrogens is 633 g/mol. The molecule has 3 aromatic heterocycles. The van der Waals surface area contributed by atoms with Gasteiger partial charge in [0.15, 0.2) is 0 Å². The van der Waals surface area contributed by atoms with Crippen molar-refractivity contribution in [3.05, 3.63) is 182 Å². The quantitative estimate of drug-likeness (QED) is 0.188. The van der Waals surface area contributed by atoms with Gasteiger partial charge in [0.05, 0.1) is 50.2 Å². The van der Waals surface area contributed by atoms with Crippen molar-refractivity contribution in [1.29, 1.82) is 0 Å². The molecule has 0 spiro atoms. The second kappa shape index (κ2) is 11.2. The van der Waals surface area contributed by atoms with E-state index in [0.717, 1.165) is 44.8 Å². The van der Waals surface area contributed by atoms with Crippen LogP contribution in [0, 0.1) is 0 Å². The van der Waals surface area contributed by atoms with E-state index in [9.17, 15) is 0 Å². The summed E-state index contributed by atoms with van der Waals surface area (Å²) < 4.78 is 4.86. The average Bonchev–Trinajstić information content (AvgIpc) is 3.71. The molecule has 242 valence electrons. The molecule has 0 amide bonds. The number of fused-ring (bicyclic) bond motifs is 8. The third-order valence-corrected chi connectivity index (χ3v) is 10.5. The second-order valence-electron chi connectivity index (χ2n) is 13.4. The summed E-state index contributed by atoms with van der Waals surface area (Å²) in [7, 11) is 0. The lowest BCUT2D eigenvalue weighted by atomic mass is 10.0. The summed E-state index contributed by atoms with van der Waals surface area (Å²) in [5, 5.41) is 7.36. The van der Waals surface area contributed by atoms with Gasteiger partial charge in [-0.2, -0.15) is 0 Å². The van der Waals surface area contributed by atoms with Crippen LogP contribution in [0.4, 0.5) is 0 Å². The molecule has 0 unspecified atom stereocenters. The molecule has 0 aliphatic rings.